The number of nitrogens with zero attached hydrogens (tertiary/aromatic N) is 2. The summed E-state index contributed by atoms with van der Waals surface area (Å²) < 4.78 is 4.96. The van der Waals surface area contributed by atoms with Gasteiger partial charge in [-0.15, -0.1) is 0 Å². The predicted octanol–water partition coefficient (Wildman–Crippen LogP) is 0.923. The molecule has 0 saturated carbocycles. The highest BCUT2D eigenvalue weighted by atomic mass is 16.5. The van der Waals surface area contributed by atoms with Gasteiger partial charge in [0.25, 0.3) is 0 Å². The zero-order valence-corrected chi connectivity index (χ0v) is 10.2. The second kappa shape index (κ2) is 6.98. The predicted molar refractivity (Wildman–Crippen MR) is 63.8 cm³/mol. The molecule has 0 radical (unpaired) electrons. The number of rotatable bonds is 7. The minimum atomic E-state index is -0.832. The van der Waals surface area contributed by atoms with Crippen molar-refractivity contribution in [1.29, 1.82) is 0 Å². The average Bonchev–Trinajstić information content (AvgIpc) is 2.28. The van der Waals surface area contributed by atoms with Crippen LogP contribution in [0.4, 0.5) is 0 Å². The maximum absolute atomic E-state index is 10.7. The van der Waals surface area contributed by atoms with Gasteiger partial charge in [0, 0.05) is 32.1 Å². The molecule has 1 N–H and O–H groups in total. The summed E-state index contributed by atoms with van der Waals surface area (Å²) in [6.45, 7) is 3.62. The van der Waals surface area contributed by atoms with Crippen molar-refractivity contribution in [2.24, 2.45) is 0 Å². The Hall–Kier alpha value is -1.46. The maximum atomic E-state index is 10.7. The van der Waals surface area contributed by atoms with Crippen LogP contribution in [0.15, 0.2) is 18.3 Å². The first kappa shape index (κ1) is 13.6. The van der Waals surface area contributed by atoms with Crippen LogP contribution >= 0.6 is 0 Å². The van der Waals surface area contributed by atoms with Gasteiger partial charge >= 0.3 is 5.97 Å². The zero-order valence-electron chi connectivity index (χ0n) is 10.2. The molecule has 1 heterocycles. The molecule has 0 amide bonds. The van der Waals surface area contributed by atoms with Gasteiger partial charge in [0.1, 0.15) is 0 Å². The number of ether oxygens (including phenoxy) is 1. The highest BCUT2D eigenvalue weighted by Crippen LogP contribution is 2.04. The maximum Gasteiger partial charge on any atom is 0.317 e. The summed E-state index contributed by atoms with van der Waals surface area (Å²) >= 11 is 0. The highest BCUT2D eigenvalue weighted by molar-refractivity contribution is 5.69. The Morgan fingerprint density at radius 3 is 2.82 bits per heavy atom. The molecule has 0 fully saturated rings. The van der Waals surface area contributed by atoms with E-state index < -0.39 is 5.97 Å². The lowest BCUT2D eigenvalue weighted by molar-refractivity contribution is -0.138. The van der Waals surface area contributed by atoms with Gasteiger partial charge < -0.3 is 9.84 Å². The number of aromatic nitrogens is 1. The Morgan fingerprint density at radius 2 is 2.29 bits per heavy atom. The van der Waals surface area contributed by atoms with E-state index in [0.717, 1.165) is 11.3 Å². The molecule has 1 aromatic heterocycles. The molecular formula is C12H18N2O3. The van der Waals surface area contributed by atoms with Crippen LogP contribution in [0.1, 0.15) is 11.3 Å². The Balaban J connectivity index is 2.57. The summed E-state index contributed by atoms with van der Waals surface area (Å²) in [5, 5.41) is 8.81. The van der Waals surface area contributed by atoms with E-state index in [4.69, 9.17) is 9.84 Å². The fraction of sp³-hybridized carbons (Fsp3) is 0.500. The van der Waals surface area contributed by atoms with Crippen molar-refractivity contribution < 1.29 is 14.6 Å². The first-order chi connectivity index (χ1) is 8.11. The third kappa shape index (κ3) is 5.42. The van der Waals surface area contributed by atoms with Gasteiger partial charge in [-0.3, -0.25) is 14.7 Å². The molecule has 0 aliphatic carbocycles. The van der Waals surface area contributed by atoms with Crippen molar-refractivity contribution in [3.8, 4) is 0 Å². The number of aliphatic carboxylic acids is 1. The van der Waals surface area contributed by atoms with Gasteiger partial charge in [0.05, 0.1) is 13.2 Å². The van der Waals surface area contributed by atoms with E-state index in [-0.39, 0.29) is 6.54 Å². The molecule has 1 aromatic rings. The Kier molecular flexibility index (Phi) is 5.59. The minimum absolute atomic E-state index is 0.0111. The van der Waals surface area contributed by atoms with Crippen LogP contribution in [0.25, 0.3) is 0 Å². The van der Waals surface area contributed by atoms with Gasteiger partial charge in [-0.05, 0) is 18.6 Å². The Labute approximate surface area is 101 Å². The van der Waals surface area contributed by atoms with Crippen molar-refractivity contribution in [3.05, 3.63) is 29.6 Å². The first-order valence-electron chi connectivity index (χ1n) is 5.46. The molecule has 5 heteroatoms. The van der Waals surface area contributed by atoms with Crippen molar-refractivity contribution in [2.75, 3.05) is 26.8 Å². The number of pyridine rings is 1. The van der Waals surface area contributed by atoms with Crippen LogP contribution < -0.4 is 0 Å². The largest absolute Gasteiger partial charge is 0.480 e. The van der Waals surface area contributed by atoms with Crippen LogP contribution in [0.3, 0.4) is 0 Å². The molecule has 0 unspecified atom stereocenters. The topological polar surface area (TPSA) is 62.7 Å². The van der Waals surface area contributed by atoms with Gasteiger partial charge in [-0.2, -0.15) is 0 Å². The molecule has 0 atom stereocenters. The summed E-state index contributed by atoms with van der Waals surface area (Å²) in [6, 6.07) is 3.88. The number of carboxylic acid groups (broad SMARTS) is 1. The summed E-state index contributed by atoms with van der Waals surface area (Å²) in [7, 11) is 1.60. The summed E-state index contributed by atoms with van der Waals surface area (Å²) in [5.41, 5.74) is 1.96. The van der Waals surface area contributed by atoms with Crippen molar-refractivity contribution in [3.63, 3.8) is 0 Å². The van der Waals surface area contributed by atoms with Gasteiger partial charge in [-0.1, -0.05) is 6.07 Å². The summed E-state index contributed by atoms with van der Waals surface area (Å²) in [6.07, 6.45) is 1.77. The number of aryl methyl sites for hydroxylation is 1. The molecule has 0 bridgehead atoms. The van der Waals surface area contributed by atoms with E-state index in [1.807, 2.05) is 24.0 Å². The number of hydrogen-bond acceptors (Lipinski definition) is 4. The van der Waals surface area contributed by atoms with E-state index in [2.05, 4.69) is 4.98 Å². The van der Waals surface area contributed by atoms with E-state index in [0.29, 0.717) is 19.7 Å². The van der Waals surface area contributed by atoms with Gasteiger partial charge in [0.2, 0.25) is 0 Å². The van der Waals surface area contributed by atoms with Crippen molar-refractivity contribution in [1.82, 2.24) is 9.88 Å². The molecule has 17 heavy (non-hydrogen) atoms. The Morgan fingerprint density at radius 1 is 1.53 bits per heavy atom. The SMILES string of the molecule is COCCN(CC(=O)O)Cc1ccc(C)nc1. The fourth-order valence-electron chi connectivity index (χ4n) is 1.48. The van der Waals surface area contributed by atoms with Gasteiger partial charge in [0.15, 0.2) is 0 Å². The number of hydrogen-bond donors (Lipinski definition) is 1. The van der Waals surface area contributed by atoms with Crippen molar-refractivity contribution in [2.45, 2.75) is 13.5 Å². The number of carbonyl (C=O) groups is 1. The fourth-order valence-corrected chi connectivity index (χ4v) is 1.48. The smallest absolute Gasteiger partial charge is 0.317 e. The third-order valence-electron chi connectivity index (χ3n) is 2.35. The molecule has 0 aliphatic rings. The van der Waals surface area contributed by atoms with Crippen LogP contribution in [0.2, 0.25) is 0 Å². The molecule has 1 rings (SSSR count). The summed E-state index contributed by atoms with van der Waals surface area (Å²) in [4.78, 5) is 16.7. The van der Waals surface area contributed by atoms with Crippen LogP contribution in [-0.4, -0.2) is 47.8 Å². The van der Waals surface area contributed by atoms with Crippen LogP contribution in [0, 0.1) is 6.92 Å². The van der Waals surface area contributed by atoms with Crippen molar-refractivity contribution >= 4 is 5.97 Å². The molecular weight excluding hydrogens is 220 g/mol. The highest BCUT2D eigenvalue weighted by Gasteiger charge is 2.10. The standard InChI is InChI=1S/C12H18N2O3/c1-10-3-4-11(7-13-10)8-14(5-6-17-2)9-12(15)16/h3-4,7H,5-6,8-9H2,1-2H3,(H,15,16). The zero-order chi connectivity index (χ0) is 12.7. The third-order valence-corrected chi connectivity index (χ3v) is 2.35. The molecule has 0 spiro atoms. The van der Waals surface area contributed by atoms with Crippen LogP contribution in [0.5, 0.6) is 0 Å². The monoisotopic (exact) mass is 238 g/mol. The molecule has 0 saturated heterocycles. The number of carboxylic acids is 1. The summed E-state index contributed by atoms with van der Waals surface area (Å²) in [5.74, 6) is -0.832. The first-order valence-corrected chi connectivity index (χ1v) is 5.46. The van der Waals surface area contributed by atoms with E-state index in [9.17, 15) is 4.79 Å². The minimum Gasteiger partial charge on any atom is -0.480 e. The second-order valence-electron chi connectivity index (χ2n) is 3.91. The molecule has 0 aliphatic heterocycles. The quantitative estimate of drug-likeness (QED) is 0.765. The normalized spacial score (nSPS) is 10.8. The molecule has 94 valence electrons. The second-order valence-corrected chi connectivity index (χ2v) is 3.91. The van der Waals surface area contributed by atoms with E-state index in [1.165, 1.54) is 0 Å². The number of methoxy groups -OCH3 is 1. The lowest BCUT2D eigenvalue weighted by atomic mass is 10.2. The average molecular weight is 238 g/mol. The van der Waals surface area contributed by atoms with Crippen LogP contribution in [-0.2, 0) is 16.1 Å². The van der Waals surface area contributed by atoms with Gasteiger partial charge in [-0.25, -0.2) is 0 Å². The molecule has 0 aromatic carbocycles. The van der Waals surface area contributed by atoms with E-state index in [1.54, 1.807) is 13.3 Å². The lowest BCUT2D eigenvalue weighted by Crippen LogP contribution is -2.32. The van der Waals surface area contributed by atoms with E-state index >= 15 is 0 Å². The molecule has 5 nitrogen and oxygen atoms in total. The lowest BCUT2D eigenvalue weighted by Gasteiger charge is -2.19. The Bertz CT molecular complexity index is 351.